The molecule has 152 valence electrons. The van der Waals surface area contributed by atoms with Crippen molar-refractivity contribution in [2.24, 2.45) is 0 Å². The fourth-order valence-corrected chi connectivity index (χ4v) is 4.05. The van der Waals surface area contributed by atoms with Crippen LogP contribution >= 0.6 is 11.8 Å². The first-order valence-corrected chi connectivity index (χ1v) is 10.7. The Bertz CT molecular complexity index is 1160. The zero-order valence-corrected chi connectivity index (χ0v) is 17.6. The van der Waals surface area contributed by atoms with Gasteiger partial charge in [-0.15, -0.1) is 10.2 Å². The minimum absolute atomic E-state index is 0.0899. The van der Waals surface area contributed by atoms with Crippen molar-refractivity contribution < 1.29 is 4.79 Å². The number of nitrogens with one attached hydrogen (secondary N) is 1. The van der Waals surface area contributed by atoms with E-state index >= 15 is 0 Å². The van der Waals surface area contributed by atoms with Crippen molar-refractivity contribution in [2.45, 2.75) is 37.2 Å². The lowest BCUT2D eigenvalue weighted by atomic mass is 10.2. The fraction of sp³-hybridized carbons (Fsp3) is 0.227. The third kappa shape index (κ3) is 4.18. The Labute approximate surface area is 179 Å². The summed E-state index contributed by atoms with van der Waals surface area (Å²) in [7, 11) is 0. The zero-order valence-electron chi connectivity index (χ0n) is 16.8. The Morgan fingerprint density at radius 3 is 2.73 bits per heavy atom. The maximum atomic E-state index is 12.9. The molecule has 1 unspecified atom stereocenters. The molecular weight excluding hydrogens is 396 g/mol. The van der Waals surface area contributed by atoms with Gasteiger partial charge in [-0.25, -0.2) is 0 Å². The van der Waals surface area contributed by atoms with E-state index in [0.29, 0.717) is 0 Å². The fourth-order valence-electron chi connectivity index (χ4n) is 3.17. The van der Waals surface area contributed by atoms with Crippen LogP contribution in [0, 0.1) is 0 Å². The SMILES string of the molecule is CCCn1c(SC(C)C(=O)Nc2cccc3ncccc23)nnc1-c1ccncc1. The van der Waals surface area contributed by atoms with Gasteiger partial charge in [-0.1, -0.05) is 24.8 Å². The summed E-state index contributed by atoms with van der Waals surface area (Å²) in [5.74, 6) is 0.697. The normalized spacial score (nSPS) is 12.1. The highest BCUT2D eigenvalue weighted by Crippen LogP contribution is 2.28. The highest BCUT2D eigenvalue weighted by atomic mass is 32.2. The largest absolute Gasteiger partial charge is 0.324 e. The van der Waals surface area contributed by atoms with Crippen LogP contribution in [0.5, 0.6) is 0 Å². The van der Waals surface area contributed by atoms with Crippen LogP contribution in [0.15, 0.2) is 66.2 Å². The Kier molecular flexibility index (Phi) is 6.04. The van der Waals surface area contributed by atoms with Gasteiger partial charge in [-0.05, 0) is 49.7 Å². The Morgan fingerprint density at radius 1 is 1.10 bits per heavy atom. The Balaban J connectivity index is 1.54. The van der Waals surface area contributed by atoms with Gasteiger partial charge in [0.2, 0.25) is 5.91 Å². The van der Waals surface area contributed by atoms with E-state index in [4.69, 9.17) is 0 Å². The summed E-state index contributed by atoms with van der Waals surface area (Å²) >= 11 is 1.40. The maximum absolute atomic E-state index is 12.9. The highest BCUT2D eigenvalue weighted by molar-refractivity contribution is 8.00. The van der Waals surface area contributed by atoms with Crippen molar-refractivity contribution in [3.63, 3.8) is 0 Å². The number of rotatable bonds is 7. The molecule has 0 fully saturated rings. The molecule has 0 saturated heterocycles. The van der Waals surface area contributed by atoms with Crippen molar-refractivity contribution in [1.82, 2.24) is 24.7 Å². The molecule has 1 amide bonds. The molecule has 0 spiro atoms. The first kappa shape index (κ1) is 20.0. The van der Waals surface area contributed by atoms with E-state index in [1.165, 1.54) is 11.8 Å². The second-order valence-corrected chi connectivity index (χ2v) is 8.13. The van der Waals surface area contributed by atoms with Gasteiger partial charge in [0.15, 0.2) is 11.0 Å². The van der Waals surface area contributed by atoms with Crippen LogP contribution < -0.4 is 5.32 Å². The molecule has 7 nitrogen and oxygen atoms in total. The third-order valence-electron chi connectivity index (χ3n) is 4.66. The number of carbonyl (C=O) groups excluding carboxylic acids is 1. The van der Waals surface area contributed by atoms with Gasteiger partial charge < -0.3 is 9.88 Å². The number of benzene rings is 1. The number of hydrogen-bond donors (Lipinski definition) is 1. The van der Waals surface area contributed by atoms with E-state index in [9.17, 15) is 4.79 Å². The molecule has 30 heavy (non-hydrogen) atoms. The van der Waals surface area contributed by atoms with Crippen molar-refractivity contribution in [3.8, 4) is 11.4 Å². The molecule has 3 heterocycles. The average Bonchev–Trinajstić information content (AvgIpc) is 3.17. The lowest BCUT2D eigenvalue weighted by Gasteiger charge is -2.14. The first-order chi connectivity index (χ1) is 14.7. The number of hydrogen-bond acceptors (Lipinski definition) is 6. The Hall–Kier alpha value is -3.26. The molecule has 1 atom stereocenters. The molecule has 0 aliphatic rings. The van der Waals surface area contributed by atoms with Gasteiger partial charge in [0.05, 0.1) is 16.5 Å². The third-order valence-corrected chi connectivity index (χ3v) is 5.74. The smallest absolute Gasteiger partial charge is 0.237 e. The summed E-state index contributed by atoms with van der Waals surface area (Å²) < 4.78 is 2.06. The lowest BCUT2D eigenvalue weighted by Crippen LogP contribution is -2.23. The average molecular weight is 419 g/mol. The molecule has 0 bridgehead atoms. The molecule has 1 N–H and O–H groups in total. The molecule has 0 radical (unpaired) electrons. The van der Waals surface area contributed by atoms with E-state index < -0.39 is 0 Å². The van der Waals surface area contributed by atoms with Crippen molar-refractivity contribution in [1.29, 1.82) is 0 Å². The molecule has 1 aromatic carbocycles. The lowest BCUT2D eigenvalue weighted by molar-refractivity contribution is -0.115. The first-order valence-electron chi connectivity index (χ1n) is 9.82. The number of carbonyl (C=O) groups is 1. The predicted molar refractivity (Wildman–Crippen MR) is 119 cm³/mol. The number of fused-ring (bicyclic) bond motifs is 1. The molecule has 4 rings (SSSR count). The van der Waals surface area contributed by atoms with E-state index in [-0.39, 0.29) is 11.2 Å². The topological polar surface area (TPSA) is 85.6 Å². The van der Waals surface area contributed by atoms with Crippen molar-refractivity contribution >= 4 is 34.3 Å². The van der Waals surface area contributed by atoms with Crippen LogP contribution in [-0.4, -0.2) is 35.9 Å². The minimum atomic E-state index is -0.345. The molecule has 3 aromatic heterocycles. The molecule has 4 aromatic rings. The second kappa shape index (κ2) is 9.04. The van der Waals surface area contributed by atoms with E-state index in [2.05, 4.69) is 37.0 Å². The van der Waals surface area contributed by atoms with Gasteiger partial charge in [-0.3, -0.25) is 14.8 Å². The van der Waals surface area contributed by atoms with Crippen LogP contribution in [-0.2, 0) is 11.3 Å². The van der Waals surface area contributed by atoms with E-state index in [1.807, 2.05) is 49.4 Å². The van der Waals surface area contributed by atoms with Gasteiger partial charge in [0, 0.05) is 36.1 Å². The van der Waals surface area contributed by atoms with E-state index in [1.54, 1.807) is 18.6 Å². The molecule has 8 heteroatoms. The van der Waals surface area contributed by atoms with Crippen molar-refractivity contribution in [3.05, 3.63) is 61.1 Å². The Morgan fingerprint density at radius 2 is 1.93 bits per heavy atom. The monoisotopic (exact) mass is 418 g/mol. The quantitative estimate of drug-likeness (QED) is 0.447. The summed E-state index contributed by atoms with van der Waals surface area (Å²) in [6, 6.07) is 13.3. The van der Waals surface area contributed by atoms with Crippen LogP contribution in [0.25, 0.3) is 22.3 Å². The van der Waals surface area contributed by atoms with Crippen LogP contribution in [0.4, 0.5) is 5.69 Å². The minimum Gasteiger partial charge on any atom is -0.324 e. The predicted octanol–water partition coefficient (Wildman–Crippen LogP) is 4.42. The number of pyridine rings is 2. The maximum Gasteiger partial charge on any atom is 0.237 e. The number of anilines is 1. The summed E-state index contributed by atoms with van der Waals surface area (Å²) in [4.78, 5) is 21.3. The van der Waals surface area contributed by atoms with Crippen molar-refractivity contribution in [2.75, 3.05) is 5.32 Å². The number of amides is 1. The molecule has 0 saturated carbocycles. The van der Waals surface area contributed by atoms with Gasteiger partial charge >= 0.3 is 0 Å². The van der Waals surface area contributed by atoms with Gasteiger partial charge in [-0.2, -0.15) is 0 Å². The second-order valence-electron chi connectivity index (χ2n) is 6.82. The molecular formula is C22H22N6OS. The standard InChI is InChI=1S/C22H22N6OS/c1-3-14-28-20(16-9-12-23-13-10-16)26-27-22(28)30-15(2)21(29)25-19-8-4-7-18-17(19)6-5-11-24-18/h4-13,15H,3,14H2,1-2H3,(H,25,29). The van der Waals surface area contributed by atoms with Crippen LogP contribution in [0.3, 0.4) is 0 Å². The molecule has 0 aliphatic heterocycles. The summed E-state index contributed by atoms with van der Waals surface area (Å²) in [6.45, 7) is 4.76. The summed E-state index contributed by atoms with van der Waals surface area (Å²) in [5, 5.41) is 13.1. The highest BCUT2D eigenvalue weighted by Gasteiger charge is 2.21. The van der Waals surface area contributed by atoms with Crippen LogP contribution in [0.2, 0.25) is 0 Å². The van der Waals surface area contributed by atoms with Gasteiger partial charge in [0.1, 0.15) is 0 Å². The van der Waals surface area contributed by atoms with Crippen LogP contribution in [0.1, 0.15) is 20.3 Å². The number of thioether (sulfide) groups is 1. The number of aromatic nitrogens is 5. The molecule has 0 aliphatic carbocycles. The summed E-state index contributed by atoms with van der Waals surface area (Å²) in [5.41, 5.74) is 2.56. The zero-order chi connectivity index (χ0) is 20.9. The van der Waals surface area contributed by atoms with E-state index in [0.717, 1.165) is 46.1 Å². The summed E-state index contributed by atoms with van der Waals surface area (Å²) in [6.07, 6.45) is 6.16. The number of nitrogens with zero attached hydrogens (tertiary/aromatic N) is 5. The van der Waals surface area contributed by atoms with Gasteiger partial charge in [0.25, 0.3) is 0 Å².